The van der Waals surface area contributed by atoms with Crippen LogP contribution in [0.1, 0.15) is 45.6 Å². The summed E-state index contributed by atoms with van der Waals surface area (Å²) in [6, 6.07) is 9.55. The van der Waals surface area contributed by atoms with Gasteiger partial charge in [-0.2, -0.15) is 0 Å². The molecular formula is C24H30O7. The van der Waals surface area contributed by atoms with Crippen LogP contribution in [0.15, 0.2) is 36.4 Å². The number of rotatable bonds is 3. The van der Waals surface area contributed by atoms with E-state index in [1.165, 1.54) is 6.08 Å². The average Bonchev–Trinajstić information content (AvgIpc) is 2.99. The molecule has 2 bridgehead atoms. The third kappa shape index (κ3) is 3.43. The van der Waals surface area contributed by atoms with Crippen molar-refractivity contribution in [2.75, 3.05) is 0 Å². The Kier molecular flexibility index (Phi) is 5.22. The van der Waals surface area contributed by atoms with Crippen LogP contribution in [0.2, 0.25) is 0 Å². The van der Waals surface area contributed by atoms with Gasteiger partial charge in [0.25, 0.3) is 0 Å². The molecule has 9 atom stereocenters. The fourth-order valence-corrected chi connectivity index (χ4v) is 5.84. The smallest absolute Gasteiger partial charge is 0.333 e. The molecule has 1 saturated carbocycles. The lowest BCUT2D eigenvalue weighted by atomic mass is 9.57. The van der Waals surface area contributed by atoms with Crippen molar-refractivity contribution in [2.45, 2.75) is 70.1 Å². The summed E-state index contributed by atoms with van der Waals surface area (Å²) in [5.41, 5.74) is 0.0859. The molecule has 4 heterocycles. The van der Waals surface area contributed by atoms with E-state index in [0.717, 1.165) is 12.0 Å². The molecule has 5 fully saturated rings. The van der Waals surface area contributed by atoms with Gasteiger partial charge in [0.05, 0.1) is 6.10 Å². The van der Waals surface area contributed by atoms with Gasteiger partial charge >= 0.3 is 5.97 Å². The fraction of sp³-hybridized carbons (Fsp3) is 0.625. The number of esters is 1. The quantitative estimate of drug-likeness (QED) is 0.447. The van der Waals surface area contributed by atoms with Gasteiger partial charge in [0.1, 0.15) is 0 Å². The zero-order valence-corrected chi connectivity index (χ0v) is 18.1. The molecule has 31 heavy (non-hydrogen) atoms. The van der Waals surface area contributed by atoms with E-state index in [9.17, 15) is 9.90 Å². The van der Waals surface area contributed by atoms with E-state index in [1.807, 2.05) is 51.1 Å². The van der Waals surface area contributed by atoms with Gasteiger partial charge in [-0.25, -0.2) is 14.6 Å². The minimum atomic E-state index is -0.926. The first-order chi connectivity index (χ1) is 14.8. The summed E-state index contributed by atoms with van der Waals surface area (Å²) in [6.07, 6.45) is 3.07. The summed E-state index contributed by atoms with van der Waals surface area (Å²) >= 11 is 0. The molecule has 4 saturated heterocycles. The highest BCUT2D eigenvalue weighted by atomic mass is 17.3. The highest BCUT2D eigenvalue weighted by Crippen LogP contribution is 2.60. The third-order valence-electron chi connectivity index (χ3n) is 7.66. The maximum absolute atomic E-state index is 12.5. The lowest BCUT2D eigenvalue weighted by Crippen LogP contribution is -2.72. The first kappa shape index (κ1) is 21.1. The van der Waals surface area contributed by atoms with Crippen LogP contribution in [-0.4, -0.2) is 41.1 Å². The standard InChI is InChI=1S/C24H30O7/c1-14-17-11-12-23(3)29-22-24(17,31-30-23)18(13-19(14)25)15(2)21(28-22)27-20(26)10-9-16-7-5-4-6-8-16/h4-10,14-15,17-19,21-22,25H,11-13H2,1-3H3/b10-9+/t14-,15+,17-,18-,19+,21+,22+,23+,24+/m0/s1. The van der Waals surface area contributed by atoms with Crippen molar-refractivity contribution in [3.63, 3.8) is 0 Å². The summed E-state index contributed by atoms with van der Waals surface area (Å²) in [4.78, 5) is 24.3. The number of hydrogen-bond acceptors (Lipinski definition) is 7. The van der Waals surface area contributed by atoms with Gasteiger partial charge in [-0.05, 0) is 37.3 Å². The highest BCUT2D eigenvalue weighted by Gasteiger charge is 2.71. The van der Waals surface area contributed by atoms with E-state index in [-0.39, 0.29) is 23.7 Å². The molecule has 7 nitrogen and oxygen atoms in total. The molecule has 0 radical (unpaired) electrons. The van der Waals surface area contributed by atoms with Crippen molar-refractivity contribution in [3.8, 4) is 0 Å². The Morgan fingerprint density at radius 3 is 2.71 bits per heavy atom. The molecule has 7 heteroatoms. The van der Waals surface area contributed by atoms with Crippen LogP contribution in [0.4, 0.5) is 0 Å². The Bertz CT molecular complexity index is 853. The first-order valence-corrected chi connectivity index (χ1v) is 11.1. The number of hydrogen-bond donors (Lipinski definition) is 1. The molecule has 0 amide bonds. The molecule has 1 aromatic rings. The van der Waals surface area contributed by atoms with Gasteiger partial charge in [-0.15, -0.1) is 0 Å². The van der Waals surface area contributed by atoms with Gasteiger partial charge in [0.2, 0.25) is 12.1 Å². The number of carbonyl (C=O) groups is 1. The summed E-state index contributed by atoms with van der Waals surface area (Å²) < 4.78 is 18.2. The number of aliphatic hydroxyl groups is 1. The summed E-state index contributed by atoms with van der Waals surface area (Å²) in [7, 11) is 0. The molecule has 4 aliphatic heterocycles. The highest BCUT2D eigenvalue weighted by molar-refractivity contribution is 5.87. The van der Waals surface area contributed by atoms with Crippen molar-refractivity contribution in [2.24, 2.45) is 23.7 Å². The fourth-order valence-electron chi connectivity index (χ4n) is 5.84. The van der Waals surface area contributed by atoms with Gasteiger partial charge in [0.15, 0.2) is 11.9 Å². The van der Waals surface area contributed by atoms with Gasteiger partial charge < -0.3 is 19.3 Å². The van der Waals surface area contributed by atoms with Crippen LogP contribution < -0.4 is 0 Å². The second-order valence-electron chi connectivity index (χ2n) is 9.56. The molecule has 1 aromatic carbocycles. The predicted molar refractivity (Wildman–Crippen MR) is 110 cm³/mol. The van der Waals surface area contributed by atoms with Crippen LogP contribution in [-0.2, 0) is 28.8 Å². The zero-order chi connectivity index (χ0) is 21.8. The Labute approximate surface area is 182 Å². The molecule has 168 valence electrons. The average molecular weight is 430 g/mol. The monoisotopic (exact) mass is 430 g/mol. The minimum Gasteiger partial charge on any atom is -0.432 e. The molecule has 1 aliphatic carbocycles. The van der Waals surface area contributed by atoms with E-state index < -0.39 is 36.0 Å². The SMILES string of the molecule is C[C@@H]1[C@H](O)C[C@H]2[C@@H](C)[C@H](OC(=O)/C=C/c3ccccc3)O[C@@H]3O[C@@]4(C)CC[C@@H]1[C@]32OO4. The van der Waals surface area contributed by atoms with Gasteiger partial charge in [0, 0.05) is 30.3 Å². The lowest BCUT2D eigenvalue weighted by Gasteiger charge is -2.60. The molecule has 6 rings (SSSR count). The normalized spacial score (nSPS) is 46.4. The maximum atomic E-state index is 12.5. The number of fused-ring (bicyclic) bond motifs is 2. The topological polar surface area (TPSA) is 83.5 Å². The van der Waals surface area contributed by atoms with E-state index in [4.69, 9.17) is 24.0 Å². The molecule has 0 unspecified atom stereocenters. The molecule has 5 aliphatic rings. The van der Waals surface area contributed by atoms with Crippen LogP contribution in [0, 0.1) is 23.7 Å². The Morgan fingerprint density at radius 1 is 1.16 bits per heavy atom. The van der Waals surface area contributed by atoms with Crippen molar-refractivity contribution in [3.05, 3.63) is 42.0 Å². The second-order valence-corrected chi connectivity index (χ2v) is 9.56. The van der Waals surface area contributed by atoms with Crippen molar-refractivity contribution >= 4 is 12.0 Å². The molecule has 1 spiro atoms. The van der Waals surface area contributed by atoms with Crippen LogP contribution in [0.5, 0.6) is 0 Å². The van der Waals surface area contributed by atoms with Crippen molar-refractivity contribution in [1.29, 1.82) is 0 Å². The summed E-state index contributed by atoms with van der Waals surface area (Å²) in [5, 5.41) is 10.8. The van der Waals surface area contributed by atoms with Crippen LogP contribution in [0.25, 0.3) is 6.08 Å². The largest absolute Gasteiger partial charge is 0.432 e. The minimum absolute atomic E-state index is 0.0210. The maximum Gasteiger partial charge on any atom is 0.333 e. The number of ether oxygens (including phenoxy) is 3. The van der Waals surface area contributed by atoms with Crippen molar-refractivity contribution < 1.29 is 33.9 Å². The molecule has 1 N–H and O–H groups in total. The van der Waals surface area contributed by atoms with E-state index >= 15 is 0 Å². The lowest BCUT2D eigenvalue weighted by molar-refractivity contribution is -0.577. The second kappa shape index (κ2) is 7.67. The molecule has 0 aromatic heterocycles. The Morgan fingerprint density at radius 2 is 1.94 bits per heavy atom. The zero-order valence-electron chi connectivity index (χ0n) is 18.1. The number of benzene rings is 1. The Balaban J connectivity index is 1.40. The van der Waals surface area contributed by atoms with Gasteiger partial charge in [-0.1, -0.05) is 44.2 Å². The summed E-state index contributed by atoms with van der Waals surface area (Å²) in [5.74, 6) is -1.71. The number of aliphatic hydroxyl groups excluding tert-OH is 1. The van der Waals surface area contributed by atoms with E-state index in [0.29, 0.717) is 12.8 Å². The predicted octanol–water partition coefficient (Wildman–Crippen LogP) is 3.42. The van der Waals surface area contributed by atoms with Crippen molar-refractivity contribution in [1.82, 2.24) is 0 Å². The molecular weight excluding hydrogens is 400 g/mol. The van der Waals surface area contributed by atoms with Crippen LogP contribution >= 0.6 is 0 Å². The summed E-state index contributed by atoms with van der Waals surface area (Å²) in [6.45, 7) is 5.85. The van der Waals surface area contributed by atoms with E-state index in [1.54, 1.807) is 6.08 Å². The van der Waals surface area contributed by atoms with Crippen LogP contribution in [0.3, 0.4) is 0 Å². The Hall–Kier alpha value is -1.77. The number of carbonyl (C=O) groups excluding carboxylic acids is 1. The third-order valence-corrected chi connectivity index (χ3v) is 7.66. The van der Waals surface area contributed by atoms with E-state index in [2.05, 4.69) is 0 Å². The first-order valence-electron chi connectivity index (χ1n) is 11.1. The van der Waals surface area contributed by atoms with Gasteiger partial charge in [-0.3, -0.25) is 0 Å².